The summed E-state index contributed by atoms with van der Waals surface area (Å²) in [6.45, 7) is 0. The molecule has 0 aliphatic heterocycles. The Morgan fingerprint density at radius 1 is 1.29 bits per heavy atom. The largest absolute Gasteiger partial charge is 0.624 e. The van der Waals surface area contributed by atoms with E-state index in [1.165, 1.54) is 13.3 Å². The number of nitrogens with zero attached hydrogens (tertiary/aromatic N) is 1. The van der Waals surface area contributed by atoms with Gasteiger partial charge in [-0.2, -0.15) is 0 Å². The highest BCUT2D eigenvalue weighted by Gasteiger charge is 2.04. The Morgan fingerprint density at radius 2 is 2.00 bits per heavy atom. The molecule has 0 saturated carbocycles. The van der Waals surface area contributed by atoms with Gasteiger partial charge in [0, 0.05) is 6.07 Å². The smallest absolute Gasteiger partial charge is 0.185 e. The van der Waals surface area contributed by atoms with Crippen molar-refractivity contribution in [2.45, 2.75) is 0 Å². The van der Waals surface area contributed by atoms with Gasteiger partial charge in [0.1, 0.15) is 18.5 Å². The predicted octanol–water partition coefficient (Wildman–Crippen LogP) is 1.26. The van der Waals surface area contributed by atoms with Gasteiger partial charge in [-0.25, -0.2) is 4.74 Å². The Morgan fingerprint density at radius 3 is 2.50 bits per heavy atom. The molecule has 0 heterocycles. The Balaban J connectivity index is 3.11. The molecule has 0 spiro atoms. The fraction of sp³-hybridized carbons (Fsp3) is 0.300. The lowest BCUT2D eigenvalue weighted by molar-refractivity contribution is -0.416. The number of hydrogen-bond donors (Lipinski definition) is 0. The molecular formula is C10H13NO3. The molecule has 0 saturated heterocycles. The van der Waals surface area contributed by atoms with Crippen LogP contribution >= 0.6 is 0 Å². The molecule has 1 rings (SSSR count). The van der Waals surface area contributed by atoms with Crippen LogP contribution in [0.3, 0.4) is 0 Å². The summed E-state index contributed by atoms with van der Waals surface area (Å²) in [7, 11) is 4.55. The van der Waals surface area contributed by atoms with Gasteiger partial charge in [0.05, 0.1) is 19.8 Å². The minimum Gasteiger partial charge on any atom is -0.624 e. The van der Waals surface area contributed by atoms with E-state index in [9.17, 15) is 5.21 Å². The summed E-state index contributed by atoms with van der Waals surface area (Å²) in [6.07, 6.45) is 1.44. The molecule has 1 aromatic rings. The van der Waals surface area contributed by atoms with Crippen molar-refractivity contribution >= 4 is 6.21 Å². The van der Waals surface area contributed by atoms with E-state index in [1.54, 1.807) is 32.4 Å². The summed E-state index contributed by atoms with van der Waals surface area (Å²) in [5.74, 6) is 1.32. The first-order valence-electron chi connectivity index (χ1n) is 4.14. The summed E-state index contributed by atoms with van der Waals surface area (Å²) in [4.78, 5) is 0. The van der Waals surface area contributed by atoms with Crippen LogP contribution in [-0.2, 0) is 0 Å². The fourth-order valence-corrected chi connectivity index (χ4v) is 1.12. The van der Waals surface area contributed by atoms with Gasteiger partial charge in [0.25, 0.3) is 0 Å². The number of benzene rings is 1. The molecule has 0 bridgehead atoms. The third kappa shape index (κ3) is 2.39. The molecule has 0 N–H and O–H groups in total. The lowest BCUT2D eigenvalue weighted by Crippen LogP contribution is -2.00. The highest BCUT2D eigenvalue weighted by Crippen LogP contribution is 2.22. The molecular weight excluding hydrogens is 182 g/mol. The van der Waals surface area contributed by atoms with E-state index in [2.05, 4.69) is 0 Å². The van der Waals surface area contributed by atoms with Gasteiger partial charge in [-0.1, -0.05) is 0 Å². The maximum atomic E-state index is 10.8. The standard InChI is InChI=1S/C10H13NO3/c1-11(12)7-8-4-5-9(13-2)6-10(8)14-3/h4-7H,1-3H3/b11-7+. The summed E-state index contributed by atoms with van der Waals surface area (Å²) in [6, 6.07) is 5.28. The van der Waals surface area contributed by atoms with Crippen molar-refractivity contribution in [1.82, 2.24) is 0 Å². The van der Waals surface area contributed by atoms with Crippen LogP contribution in [0.25, 0.3) is 0 Å². The average Bonchev–Trinajstić information content (AvgIpc) is 2.17. The zero-order chi connectivity index (χ0) is 10.6. The van der Waals surface area contributed by atoms with E-state index in [0.717, 1.165) is 10.3 Å². The summed E-state index contributed by atoms with van der Waals surface area (Å²) >= 11 is 0. The first-order chi connectivity index (χ1) is 6.67. The molecule has 0 fully saturated rings. The zero-order valence-corrected chi connectivity index (χ0v) is 8.48. The second kappa shape index (κ2) is 4.50. The Labute approximate surface area is 83.0 Å². The summed E-state index contributed by atoms with van der Waals surface area (Å²) < 4.78 is 10.9. The second-order valence-electron chi connectivity index (χ2n) is 2.78. The normalized spacial score (nSPS) is 11.2. The Kier molecular flexibility index (Phi) is 3.34. The number of rotatable bonds is 3. The third-order valence-corrected chi connectivity index (χ3v) is 1.76. The Bertz CT molecular complexity index is 343. The summed E-state index contributed by atoms with van der Waals surface area (Å²) in [5, 5.41) is 10.8. The van der Waals surface area contributed by atoms with E-state index < -0.39 is 0 Å². The van der Waals surface area contributed by atoms with Crippen molar-refractivity contribution in [3.8, 4) is 11.5 Å². The minimum atomic E-state index is 0.618. The van der Waals surface area contributed by atoms with E-state index in [-0.39, 0.29) is 0 Å². The quantitative estimate of drug-likeness (QED) is 0.315. The van der Waals surface area contributed by atoms with Crippen molar-refractivity contribution in [2.75, 3.05) is 21.3 Å². The molecule has 0 unspecified atom stereocenters. The maximum Gasteiger partial charge on any atom is 0.185 e. The molecule has 14 heavy (non-hydrogen) atoms. The van der Waals surface area contributed by atoms with Gasteiger partial charge >= 0.3 is 0 Å². The molecule has 4 nitrogen and oxygen atoms in total. The van der Waals surface area contributed by atoms with Crippen molar-refractivity contribution in [1.29, 1.82) is 0 Å². The fourth-order valence-electron chi connectivity index (χ4n) is 1.12. The lowest BCUT2D eigenvalue weighted by atomic mass is 10.2. The SMILES string of the molecule is COc1ccc(/C=[N+](\C)[O-])c(OC)c1. The monoisotopic (exact) mass is 195 g/mol. The highest BCUT2D eigenvalue weighted by atomic mass is 16.5. The van der Waals surface area contributed by atoms with Crippen LogP contribution in [0, 0.1) is 5.21 Å². The molecule has 0 aliphatic carbocycles. The van der Waals surface area contributed by atoms with Crippen LogP contribution in [0.2, 0.25) is 0 Å². The molecule has 0 radical (unpaired) electrons. The predicted molar refractivity (Wildman–Crippen MR) is 54.3 cm³/mol. The first-order valence-corrected chi connectivity index (χ1v) is 4.14. The van der Waals surface area contributed by atoms with Gasteiger partial charge in [-0.15, -0.1) is 0 Å². The van der Waals surface area contributed by atoms with Gasteiger partial charge in [0.2, 0.25) is 0 Å². The molecule has 0 aliphatic rings. The van der Waals surface area contributed by atoms with Gasteiger partial charge < -0.3 is 14.7 Å². The topological polar surface area (TPSA) is 44.5 Å². The lowest BCUT2D eigenvalue weighted by Gasteiger charge is -2.06. The molecule has 0 atom stereocenters. The van der Waals surface area contributed by atoms with Crippen LogP contribution in [0.15, 0.2) is 18.2 Å². The zero-order valence-electron chi connectivity index (χ0n) is 8.48. The van der Waals surface area contributed by atoms with Crippen LogP contribution in [-0.4, -0.2) is 32.2 Å². The molecule has 76 valence electrons. The average molecular weight is 195 g/mol. The van der Waals surface area contributed by atoms with Crippen molar-refractivity contribution in [2.24, 2.45) is 0 Å². The van der Waals surface area contributed by atoms with E-state index in [4.69, 9.17) is 9.47 Å². The van der Waals surface area contributed by atoms with Crippen molar-refractivity contribution in [3.05, 3.63) is 29.0 Å². The van der Waals surface area contributed by atoms with Gasteiger partial charge in [0.15, 0.2) is 6.21 Å². The van der Waals surface area contributed by atoms with E-state index in [1.807, 2.05) is 0 Å². The molecule has 1 aromatic carbocycles. The highest BCUT2D eigenvalue weighted by molar-refractivity contribution is 5.80. The Hall–Kier alpha value is -1.71. The molecule has 0 amide bonds. The maximum absolute atomic E-state index is 10.8. The van der Waals surface area contributed by atoms with Crippen molar-refractivity contribution in [3.63, 3.8) is 0 Å². The molecule has 4 heteroatoms. The third-order valence-electron chi connectivity index (χ3n) is 1.76. The van der Waals surface area contributed by atoms with Crippen LogP contribution in [0.4, 0.5) is 0 Å². The number of methoxy groups -OCH3 is 2. The second-order valence-corrected chi connectivity index (χ2v) is 2.78. The summed E-state index contributed by atoms with van der Waals surface area (Å²) in [5.41, 5.74) is 0.728. The molecule has 0 aromatic heterocycles. The van der Waals surface area contributed by atoms with Gasteiger partial charge in [-0.05, 0) is 12.1 Å². The van der Waals surface area contributed by atoms with Crippen LogP contribution < -0.4 is 9.47 Å². The minimum absolute atomic E-state index is 0.618. The number of hydroxylamine groups is 1. The first kappa shape index (κ1) is 10.4. The van der Waals surface area contributed by atoms with E-state index >= 15 is 0 Å². The number of ether oxygens (including phenoxy) is 2. The van der Waals surface area contributed by atoms with Crippen LogP contribution in [0.5, 0.6) is 11.5 Å². The number of hydrogen-bond acceptors (Lipinski definition) is 3. The van der Waals surface area contributed by atoms with E-state index in [0.29, 0.717) is 11.5 Å². The van der Waals surface area contributed by atoms with Crippen molar-refractivity contribution < 1.29 is 14.2 Å². The van der Waals surface area contributed by atoms with Gasteiger partial charge in [-0.3, -0.25) is 0 Å². The van der Waals surface area contributed by atoms with Crippen LogP contribution in [0.1, 0.15) is 5.56 Å².